The molecule has 0 bridgehead atoms. The van der Waals surface area contributed by atoms with E-state index in [0.29, 0.717) is 6.54 Å². The zero-order valence-corrected chi connectivity index (χ0v) is 7.36. The Labute approximate surface area is 71.9 Å². The third kappa shape index (κ3) is 1.92. The predicted octanol–water partition coefficient (Wildman–Crippen LogP) is 0.214. The van der Waals surface area contributed by atoms with Gasteiger partial charge in [0.25, 0.3) is 0 Å². The Morgan fingerprint density at radius 3 is 2.67 bits per heavy atom. The zero-order chi connectivity index (χ0) is 8.97. The Kier molecular flexibility index (Phi) is 2.99. The summed E-state index contributed by atoms with van der Waals surface area (Å²) in [5.74, 6) is 0.826. The molecule has 0 saturated carbocycles. The minimum atomic E-state index is 0.131. The van der Waals surface area contributed by atoms with Crippen molar-refractivity contribution in [2.45, 2.75) is 6.92 Å². The highest BCUT2D eigenvalue weighted by Gasteiger charge is 2.04. The molecule has 0 amide bonds. The van der Waals surface area contributed by atoms with E-state index in [9.17, 15) is 0 Å². The molecule has 4 nitrogen and oxygen atoms in total. The summed E-state index contributed by atoms with van der Waals surface area (Å²) in [6, 6.07) is 0. The van der Waals surface area contributed by atoms with E-state index in [-0.39, 0.29) is 6.61 Å². The van der Waals surface area contributed by atoms with Gasteiger partial charge >= 0.3 is 0 Å². The first-order chi connectivity index (χ1) is 5.75. The minimum absolute atomic E-state index is 0.131. The third-order valence-electron chi connectivity index (χ3n) is 1.65. The third-order valence-corrected chi connectivity index (χ3v) is 1.65. The lowest BCUT2D eigenvalue weighted by Crippen LogP contribution is -2.23. The lowest BCUT2D eigenvalue weighted by Gasteiger charge is -2.17. The van der Waals surface area contributed by atoms with Crippen LogP contribution < -0.4 is 4.90 Å². The largest absolute Gasteiger partial charge is 0.395 e. The van der Waals surface area contributed by atoms with Gasteiger partial charge in [-0.1, -0.05) is 0 Å². The van der Waals surface area contributed by atoms with Crippen molar-refractivity contribution in [1.82, 2.24) is 9.97 Å². The monoisotopic (exact) mass is 167 g/mol. The molecule has 0 saturated heterocycles. The number of aryl methyl sites for hydroxylation is 1. The van der Waals surface area contributed by atoms with Crippen molar-refractivity contribution in [3.63, 3.8) is 0 Å². The van der Waals surface area contributed by atoms with Crippen molar-refractivity contribution < 1.29 is 5.11 Å². The Morgan fingerprint density at radius 1 is 1.42 bits per heavy atom. The molecule has 0 atom stereocenters. The van der Waals surface area contributed by atoms with E-state index in [0.717, 1.165) is 11.5 Å². The van der Waals surface area contributed by atoms with Crippen LogP contribution in [0.15, 0.2) is 12.4 Å². The van der Waals surface area contributed by atoms with Crippen LogP contribution in [0.3, 0.4) is 0 Å². The first-order valence-electron chi connectivity index (χ1n) is 3.85. The summed E-state index contributed by atoms with van der Waals surface area (Å²) in [5, 5.41) is 8.70. The number of anilines is 1. The van der Waals surface area contributed by atoms with Gasteiger partial charge in [-0.05, 0) is 6.92 Å². The van der Waals surface area contributed by atoms with Gasteiger partial charge in [0.1, 0.15) is 5.82 Å². The van der Waals surface area contributed by atoms with E-state index in [1.165, 1.54) is 0 Å². The second kappa shape index (κ2) is 4.01. The van der Waals surface area contributed by atoms with Crippen molar-refractivity contribution in [2.75, 3.05) is 25.1 Å². The average molecular weight is 167 g/mol. The van der Waals surface area contributed by atoms with Crippen LogP contribution in [0.5, 0.6) is 0 Å². The summed E-state index contributed by atoms with van der Waals surface area (Å²) in [6.07, 6.45) is 3.31. The lowest BCUT2D eigenvalue weighted by atomic mass is 10.4. The molecular formula is C8H13N3O. The molecule has 1 aromatic heterocycles. The highest BCUT2D eigenvalue weighted by molar-refractivity contribution is 5.40. The van der Waals surface area contributed by atoms with E-state index in [1.807, 2.05) is 18.9 Å². The van der Waals surface area contributed by atoms with Gasteiger partial charge in [0, 0.05) is 26.0 Å². The molecule has 4 heteroatoms. The van der Waals surface area contributed by atoms with Crippen molar-refractivity contribution >= 4 is 5.82 Å². The summed E-state index contributed by atoms with van der Waals surface area (Å²) in [5.41, 5.74) is 0.883. The van der Waals surface area contributed by atoms with Crippen LogP contribution >= 0.6 is 0 Å². The Balaban J connectivity index is 2.79. The maximum absolute atomic E-state index is 8.70. The lowest BCUT2D eigenvalue weighted by molar-refractivity contribution is 0.303. The maximum Gasteiger partial charge on any atom is 0.149 e. The highest BCUT2D eigenvalue weighted by Crippen LogP contribution is 2.10. The summed E-state index contributed by atoms with van der Waals surface area (Å²) in [6.45, 7) is 2.61. The number of aromatic nitrogens is 2. The van der Waals surface area contributed by atoms with Crippen molar-refractivity contribution in [3.8, 4) is 0 Å². The summed E-state index contributed by atoms with van der Waals surface area (Å²) < 4.78 is 0. The molecule has 0 spiro atoms. The van der Waals surface area contributed by atoms with Crippen LogP contribution in [0, 0.1) is 6.92 Å². The molecule has 12 heavy (non-hydrogen) atoms. The molecule has 1 aromatic rings. The fourth-order valence-corrected chi connectivity index (χ4v) is 1.03. The molecule has 1 heterocycles. The minimum Gasteiger partial charge on any atom is -0.395 e. The number of rotatable bonds is 3. The van der Waals surface area contributed by atoms with Crippen LogP contribution in [0.4, 0.5) is 5.82 Å². The number of aliphatic hydroxyl groups is 1. The Hall–Kier alpha value is -1.16. The van der Waals surface area contributed by atoms with Gasteiger partial charge in [-0.25, -0.2) is 4.98 Å². The summed E-state index contributed by atoms with van der Waals surface area (Å²) in [7, 11) is 1.88. The van der Waals surface area contributed by atoms with Crippen molar-refractivity contribution in [2.24, 2.45) is 0 Å². The second-order valence-corrected chi connectivity index (χ2v) is 2.61. The van der Waals surface area contributed by atoms with E-state index < -0.39 is 0 Å². The SMILES string of the molecule is Cc1nccnc1N(C)CCO. The van der Waals surface area contributed by atoms with E-state index in [2.05, 4.69) is 9.97 Å². The number of nitrogens with zero attached hydrogens (tertiary/aromatic N) is 3. The van der Waals surface area contributed by atoms with Crippen molar-refractivity contribution in [3.05, 3.63) is 18.1 Å². The Morgan fingerprint density at radius 2 is 2.08 bits per heavy atom. The van der Waals surface area contributed by atoms with Crippen LogP contribution in [0.1, 0.15) is 5.69 Å². The normalized spacial score (nSPS) is 9.92. The van der Waals surface area contributed by atoms with Gasteiger partial charge in [0.2, 0.25) is 0 Å². The number of aliphatic hydroxyl groups excluding tert-OH is 1. The van der Waals surface area contributed by atoms with Gasteiger partial charge in [0.05, 0.1) is 12.3 Å². The summed E-state index contributed by atoms with van der Waals surface area (Å²) >= 11 is 0. The molecule has 0 radical (unpaired) electrons. The van der Waals surface area contributed by atoms with Gasteiger partial charge in [0.15, 0.2) is 0 Å². The Bertz CT molecular complexity index is 252. The van der Waals surface area contributed by atoms with Gasteiger partial charge in [-0.3, -0.25) is 4.98 Å². The number of hydrogen-bond acceptors (Lipinski definition) is 4. The first kappa shape index (κ1) is 8.93. The van der Waals surface area contributed by atoms with Gasteiger partial charge < -0.3 is 10.0 Å². The van der Waals surface area contributed by atoms with Crippen LogP contribution in [0.2, 0.25) is 0 Å². The smallest absolute Gasteiger partial charge is 0.149 e. The molecule has 1 rings (SSSR count). The second-order valence-electron chi connectivity index (χ2n) is 2.61. The molecule has 0 aliphatic heterocycles. The van der Waals surface area contributed by atoms with E-state index in [1.54, 1.807) is 12.4 Å². The molecule has 0 fully saturated rings. The molecule has 0 aliphatic rings. The van der Waals surface area contributed by atoms with E-state index >= 15 is 0 Å². The molecule has 0 aliphatic carbocycles. The topological polar surface area (TPSA) is 49.2 Å². The molecule has 0 unspecified atom stereocenters. The maximum atomic E-state index is 8.70. The van der Waals surface area contributed by atoms with Crippen LogP contribution in [0.25, 0.3) is 0 Å². The fraction of sp³-hybridized carbons (Fsp3) is 0.500. The zero-order valence-electron chi connectivity index (χ0n) is 7.36. The van der Waals surface area contributed by atoms with Gasteiger partial charge in [-0.2, -0.15) is 0 Å². The van der Waals surface area contributed by atoms with E-state index in [4.69, 9.17) is 5.11 Å². The molecule has 0 aromatic carbocycles. The number of likely N-dealkylation sites (N-methyl/N-ethyl adjacent to an activating group) is 1. The molecular weight excluding hydrogens is 154 g/mol. The van der Waals surface area contributed by atoms with Crippen LogP contribution in [-0.4, -0.2) is 35.3 Å². The van der Waals surface area contributed by atoms with Crippen molar-refractivity contribution in [1.29, 1.82) is 0 Å². The predicted molar refractivity (Wildman–Crippen MR) is 47.1 cm³/mol. The summed E-state index contributed by atoms with van der Waals surface area (Å²) in [4.78, 5) is 10.1. The average Bonchev–Trinajstić information content (AvgIpc) is 2.05. The standard InChI is InChI=1S/C8H13N3O/c1-7-8(10-4-3-9-7)11(2)5-6-12/h3-4,12H,5-6H2,1-2H3. The van der Waals surface area contributed by atoms with Crippen LogP contribution in [-0.2, 0) is 0 Å². The van der Waals surface area contributed by atoms with Gasteiger partial charge in [-0.15, -0.1) is 0 Å². The molecule has 1 N–H and O–H groups in total. The quantitative estimate of drug-likeness (QED) is 0.699. The first-order valence-corrected chi connectivity index (χ1v) is 3.85. The highest BCUT2D eigenvalue weighted by atomic mass is 16.3. The number of hydrogen-bond donors (Lipinski definition) is 1. The molecule has 66 valence electrons. The fourth-order valence-electron chi connectivity index (χ4n) is 1.03.